The van der Waals surface area contributed by atoms with Crippen molar-refractivity contribution in [3.8, 4) is 0 Å². The minimum absolute atomic E-state index is 0.126. The van der Waals surface area contributed by atoms with Crippen molar-refractivity contribution in [2.75, 3.05) is 18.4 Å². The van der Waals surface area contributed by atoms with Crippen LogP contribution < -0.4 is 5.32 Å². The molecule has 1 aliphatic heterocycles. The molecule has 22 heavy (non-hydrogen) atoms. The molecule has 7 heteroatoms. The van der Waals surface area contributed by atoms with E-state index in [1.807, 2.05) is 13.0 Å². The highest BCUT2D eigenvalue weighted by Crippen LogP contribution is 2.20. The maximum absolute atomic E-state index is 12.1. The molecule has 0 aliphatic carbocycles. The lowest BCUT2D eigenvalue weighted by Gasteiger charge is -2.37. The molecule has 114 valence electrons. The van der Waals surface area contributed by atoms with E-state index in [2.05, 4.69) is 15.5 Å². The number of carbonyl (C=O) groups is 2. The van der Waals surface area contributed by atoms with Crippen molar-refractivity contribution in [1.82, 2.24) is 15.0 Å². The third-order valence-corrected chi connectivity index (χ3v) is 3.55. The Morgan fingerprint density at radius 3 is 2.73 bits per heavy atom. The maximum Gasteiger partial charge on any atom is 0.276 e. The van der Waals surface area contributed by atoms with Crippen LogP contribution >= 0.6 is 0 Å². The number of hydrogen-bond acceptors (Lipinski definition) is 5. The summed E-state index contributed by atoms with van der Waals surface area (Å²) in [6.45, 7) is 4.41. The standard InChI is InChI=1S/C15H16N4O3/c1-9-3-4-16-13(5-9)17-14(20)11-7-19(8-11)15(21)12-6-10(2)22-18-12/h3-6,11H,7-8H2,1-2H3,(H,16,17,20). The number of pyridine rings is 1. The second-order valence-corrected chi connectivity index (χ2v) is 5.44. The monoisotopic (exact) mass is 300 g/mol. The van der Waals surface area contributed by atoms with Gasteiger partial charge < -0.3 is 14.7 Å². The lowest BCUT2D eigenvalue weighted by Crippen LogP contribution is -2.54. The summed E-state index contributed by atoms with van der Waals surface area (Å²) in [5, 5.41) is 6.46. The fourth-order valence-corrected chi connectivity index (χ4v) is 2.27. The maximum atomic E-state index is 12.1. The lowest BCUT2D eigenvalue weighted by molar-refractivity contribution is -0.123. The van der Waals surface area contributed by atoms with E-state index in [9.17, 15) is 9.59 Å². The fourth-order valence-electron chi connectivity index (χ4n) is 2.27. The first-order valence-corrected chi connectivity index (χ1v) is 6.99. The quantitative estimate of drug-likeness (QED) is 0.925. The second kappa shape index (κ2) is 5.59. The Hall–Kier alpha value is -2.70. The molecule has 0 aromatic carbocycles. The van der Waals surface area contributed by atoms with Crippen LogP contribution in [0.1, 0.15) is 21.8 Å². The minimum atomic E-state index is -0.223. The van der Waals surface area contributed by atoms with Crippen LogP contribution in [-0.4, -0.2) is 39.9 Å². The molecule has 0 atom stereocenters. The summed E-state index contributed by atoms with van der Waals surface area (Å²) in [4.78, 5) is 29.8. The van der Waals surface area contributed by atoms with E-state index in [0.29, 0.717) is 24.7 Å². The van der Waals surface area contributed by atoms with Gasteiger partial charge >= 0.3 is 0 Å². The van der Waals surface area contributed by atoms with Gasteiger partial charge in [-0.25, -0.2) is 4.98 Å². The van der Waals surface area contributed by atoms with Gasteiger partial charge in [0.05, 0.1) is 5.92 Å². The number of hydrogen-bond donors (Lipinski definition) is 1. The van der Waals surface area contributed by atoms with Crippen LogP contribution in [0.15, 0.2) is 28.9 Å². The normalized spacial score (nSPS) is 14.5. The summed E-state index contributed by atoms with van der Waals surface area (Å²) in [7, 11) is 0. The van der Waals surface area contributed by atoms with Crippen molar-refractivity contribution in [3.63, 3.8) is 0 Å². The smallest absolute Gasteiger partial charge is 0.276 e. The Labute approximate surface area is 127 Å². The number of likely N-dealkylation sites (tertiary alicyclic amines) is 1. The molecule has 1 aliphatic rings. The number of aromatic nitrogens is 2. The summed E-state index contributed by atoms with van der Waals surface area (Å²) < 4.78 is 4.88. The number of amides is 2. The average Bonchev–Trinajstić information content (AvgIpc) is 2.83. The van der Waals surface area contributed by atoms with E-state index in [0.717, 1.165) is 5.56 Å². The SMILES string of the molecule is Cc1ccnc(NC(=O)C2CN(C(=O)c3cc(C)on3)C2)c1. The third kappa shape index (κ3) is 2.83. The van der Waals surface area contributed by atoms with Crippen molar-refractivity contribution in [1.29, 1.82) is 0 Å². The van der Waals surface area contributed by atoms with Gasteiger partial charge in [-0.05, 0) is 31.5 Å². The van der Waals surface area contributed by atoms with E-state index in [1.165, 1.54) is 0 Å². The predicted octanol–water partition coefficient (Wildman–Crippen LogP) is 1.40. The highest BCUT2D eigenvalue weighted by atomic mass is 16.5. The first kappa shape index (κ1) is 14.2. The highest BCUT2D eigenvalue weighted by Gasteiger charge is 2.37. The molecule has 3 rings (SSSR count). The van der Waals surface area contributed by atoms with Crippen molar-refractivity contribution in [2.24, 2.45) is 5.92 Å². The summed E-state index contributed by atoms with van der Waals surface area (Å²) in [6.07, 6.45) is 1.65. The van der Waals surface area contributed by atoms with Gasteiger partial charge in [-0.15, -0.1) is 0 Å². The van der Waals surface area contributed by atoms with Crippen LogP contribution in [0.25, 0.3) is 0 Å². The van der Waals surface area contributed by atoms with Crippen LogP contribution in [0, 0.1) is 19.8 Å². The third-order valence-electron chi connectivity index (χ3n) is 3.55. The van der Waals surface area contributed by atoms with Gasteiger partial charge in [-0.2, -0.15) is 0 Å². The van der Waals surface area contributed by atoms with Gasteiger partial charge in [-0.3, -0.25) is 9.59 Å². The predicted molar refractivity (Wildman–Crippen MR) is 78.2 cm³/mol. The largest absolute Gasteiger partial charge is 0.361 e. The van der Waals surface area contributed by atoms with E-state index in [-0.39, 0.29) is 23.4 Å². The molecule has 0 unspecified atom stereocenters. The summed E-state index contributed by atoms with van der Waals surface area (Å²) in [6, 6.07) is 5.25. The first-order chi connectivity index (χ1) is 10.5. The van der Waals surface area contributed by atoms with Crippen LogP contribution in [0.3, 0.4) is 0 Å². The number of nitrogens with zero attached hydrogens (tertiary/aromatic N) is 3. The Morgan fingerprint density at radius 2 is 2.09 bits per heavy atom. The molecule has 1 N–H and O–H groups in total. The van der Waals surface area contributed by atoms with Crippen molar-refractivity contribution < 1.29 is 14.1 Å². The Bertz CT molecular complexity index is 719. The van der Waals surface area contributed by atoms with Gasteiger partial charge in [0, 0.05) is 25.4 Å². The van der Waals surface area contributed by atoms with Gasteiger partial charge in [-0.1, -0.05) is 5.16 Å². The molecule has 1 saturated heterocycles. The van der Waals surface area contributed by atoms with E-state index < -0.39 is 0 Å². The first-order valence-electron chi connectivity index (χ1n) is 6.99. The molecule has 7 nitrogen and oxygen atoms in total. The molecule has 0 radical (unpaired) electrons. The molecule has 0 spiro atoms. The van der Waals surface area contributed by atoms with E-state index >= 15 is 0 Å². The average molecular weight is 300 g/mol. The highest BCUT2D eigenvalue weighted by molar-refractivity contribution is 5.97. The van der Waals surface area contributed by atoms with Crippen LogP contribution in [0.5, 0.6) is 0 Å². The molecule has 2 aromatic rings. The Balaban J connectivity index is 1.54. The molecule has 0 saturated carbocycles. The number of carbonyl (C=O) groups excluding carboxylic acids is 2. The zero-order chi connectivity index (χ0) is 15.7. The molecule has 2 amide bonds. The van der Waals surface area contributed by atoms with Crippen LogP contribution in [-0.2, 0) is 4.79 Å². The minimum Gasteiger partial charge on any atom is -0.361 e. The zero-order valence-corrected chi connectivity index (χ0v) is 12.4. The van der Waals surface area contributed by atoms with Gasteiger partial charge in [0.15, 0.2) is 5.69 Å². The van der Waals surface area contributed by atoms with E-state index in [1.54, 1.807) is 30.2 Å². The van der Waals surface area contributed by atoms with Crippen molar-refractivity contribution in [2.45, 2.75) is 13.8 Å². The molecular weight excluding hydrogens is 284 g/mol. The lowest BCUT2D eigenvalue weighted by atomic mass is 9.98. The number of aryl methyl sites for hydroxylation is 2. The molecule has 2 aromatic heterocycles. The number of nitrogens with one attached hydrogen (secondary N) is 1. The fraction of sp³-hybridized carbons (Fsp3) is 0.333. The molecule has 3 heterocycles. The molecular formula is C15H16N4O3. The van der Waals surface area contributed by atoms with Crippen LogP contribution in [0.4, 0.5) is 5.82 Å². The second-order valence-electron chi connectivity index (χ2n) is 5.44. The molecule has 1 fully saturated rings. The molecule has 0 bridgehead atoms. The van der Waals surface area contributed by atoms with Crippen molar-refractivity contribution in [3.05, 3.63) is 41.4 Å². The number of rotatable bonds is 3. The Kier molecular flexibility index (Phi) is 3.62. The zero-order valence-electron chi connectivity index (χ0n) is 12.4. The van der Waals surface area contributed by atoms with Crippen LogP contribution in [0.2, 0.25) is 0 Å². The number of anilines is 1. The summed E-state index contributed by atoms with van der Waals surface area (Å²) in [5.74, 6) is 0.554. The Morgan fingerprint density at radius 1 is 1.32 bits per heavy atom. The van der Waals surface area contributed by atoms with E-state index in [4.69, 9.17) is 4.52 Å². The summed E-state index contributed by atoms with van der Waals surface area (Å²) in [5.41, 5.74) is 1.30. The van der Waals surface area contributed by atoms with Crippen molar-refractivity contribution >= 4 is 17.6 Å². The van der Waals surface area contributed by atoms with Gasteiger partial charge in [0.1, 0.15) is 11.6 Å². The topological polar surface area (TPSA) is 88.3 Å². The van der Waals surface area contributed by atoms with Gasteiger partial charge in [0.2, 0.25) is 5.91 Å². The summed E-state index contributed by atoms with van der Waals surface area (Å²) >= 11 is 0. The van der Waals surface area contributed by atoms with Gasteiger partial charge in [0.25, 0.3) is 5.91 Å².